The van der Waals surface area contributed by atoms with E-state index >= 15 is 0 Å². The van der Waals surface area contributed by atoms with Gasteiger partial charge in [0.15, 0.2) is 0 Å². The van der Waals surface area contributed by atoms with E-state index in [2.05, 4.69) is 36.4 Å². The molecule has 6 heteroatoms. The Labute approximate surface area is 121 Å². The van der Waals surface area contributed by atoms with Crippen molar-refractivity contribution >= 4 is 27.7 Å². The fourth-order valence-electron chi connectivity index (χ4n) is 2.21. The number of nitrogens with one attached hydrogen (secondary N) is 2. The quantitative estimate of drug-likeness (QED) is 0.879. The van der Waals surface area contributed by atoms with E-state index in [9.17, 15) is 4.79 Å². The van der Waals surface area contributed by atoms with Crippen molar-refractivity contribution in [1.82, 2.24) is 15.2 Å². The third kappa shape index (κ3) is 4.56. The highest BCUT2D eigenvalue weighted by Gasteiger charge is 2.19. The second kappa shape index (κ2) is 6.98. The van der Waals surface area contributed by atoms with Crippen LogP contribution in [-0.4, -0.2) is 48.5 Å². The first-order valence-electron chi connectivity index (χ1n) is 6.48. The van der Waals surface area contributed by atoms with Gasteiger partial charge < -0.3 is 10.6 Å². The summed E-state index contributed by atoms with van der Waals surface area (Å²) in [5.74, 6) is 0.594. The minimum Gasteiger partial charge on any atom is -0.317 e. The molecule has 2 heterocycles. The van der Waals surface area contributed by atoms with Crippen molar-refractivity contribution in [1.29, 1.82) is 0 Å². The fourth-order valence-corrected chi connectivity index (χ4v) is 2.45. The van der Waals surface area contributed by atoms with Crippen LogP contribution in [0.4, 0.5) is 5.82 Å². The van der Waals surface area contributed by atoms with E-state index in [1.165, 1.54) is 0 Å². The summed E-state index contributed by atoms with van der Waals surface area (Å²) in [4.78, 5) is 18.2. The van der Waals surface area contributed by atoms with Gasteiger partial charge in [0.2, 0.25) is 5.91 Å². The average molecular weight is 327 g/mol. The largest absolute Gasteiger partial charge is 0.317 e. The van der Waals surface area contributed by atoms with Gasteiger partial charge in [-0.25, -0.2) is 4.98 Å². The summed E-state index contributed by atoms with van der Waals surface area (Å²) in [7, 11) is 1.99. The van der Waals surface area contributed by atoms with Gasteiger partial charge in [-0.05, 0) is 48.0 Å². The molecule has 0 unspecified atom stereocenters. The first-order valence-corrected chi connectivity index (χ1v) is 7.27. The zero-order valence-corrected chi connectivity index (χ0v) is 12.6. The van der Waals surface area contributed by atoms with Gasteiger partial charge in [-0.2, -0.15) is 0 Å². The second-order valence-electron chi connectivity index (χ2n) is 4.75. The number of anilines is 1. The Morgan fingerprint density at radius 1 is 1.47 bits per heavy atom. The van der Waals surface area contributed by atoms with Crippen LogP contribution in [-0.2, 0) is 4.79 Å². The van der Waals surface area contributed by atoms with Crippen molar-refractivity contribution in [2.24, 2.45) is 0 Å². The number of nitrogens with zero attached hydrogens (tertiary/aromatic N) is 2. The monoisotopic (exact) mass is 326 g/mol. The maximum atomic E-state index is 11.9. The van der Waals surface area contributed by atoms with Gasteiger partial charge in [0, 0.05) is 29.8 Å². The van der Waals surface area contributed by atoms with E-state index in [0.717, 1.165) is 30.4 Å². The highest BCUT2D eigenvalue weighted by Crippen LogP contribution is 2.12. The molecule has 5 nitrogen and oxygen atoms in total. The van der Waals surface area contributed by atoms with Crippen LogP contribution in [0.2, 0.25) is 0 Å². The second-order valence-corrected chi connectivity index (χ2v) is 5.66. The minimum atomic E-state index is -0.00210. The van der Waals surface area contributed by atoms with Gasteiger partial charge >= 0.3 is 0 Å². The molecule has 1 aromatic heterocycles. The number of carbonyl (C=O) groups is 1. The van der Waals surface area contributed by atoms with Gasteiger partial charge in [0.25, 0.3) is 0 Å². The van der Waals surface area contributed by atoms with E-state index < -0.39 is 0 Å². The molecule has 0 aliphatic carbocycles. The number of aromatic nitrogens is 1. The fraction of sp³-hybridized carbons (Fsp3) is 0.538. The molecule has 1 saturated heterocycles. The van der Waals surface area contributed by atoms with Gasteiger partial charge in [-0.3, -0.25) is 9.69 Å². The minimum absolute atomic E-state index is 0.00210. The van der Waals surface area contributed by atoms with E-state index in [0.29, 0.717) is 18.4 Å². The molecular weight excluding hydrogens is 308 g/mol. The van der Waals surface area contributed by atoms with Crippen molar-refractivity contribution in [3.63, 3.8) is 0 Å². The van der Waals surface area contributed by atoms with E-state index in [1.54, 1.807) is 12.3 Å². The van der Waals surface area contributed by atoms with Gasteiger partial charge in [0.05, 0.1) is 6.54 Å². The van der Waals surface area contributed by atoms with Crippen LogP contribution >= 0.6 is 15.9 Å². The number of pyridine rings is 1. The number of amides is 1. The Balaban J connectivity index is 1.77. The summed E-state index contributed by atoms with van der Waals surface area (Å²) >= 11 is 3.31. The molecule has 1 aliphatic heterocycles. The maximum absolute atomic E-state index is 11.9. The summed E-state index contributed by atoms with van der Waals surface area (Å²) in [5.41, 5.74) is 0. The molecule has 0 bridgehead atoms. The van der Waals surface area contributed by atoms with Crippen molar-refractivity contribution in [2.45, 2.75) is 18.9 Å². The number of rotatable bonds is 4. The lowest BCUT2D eigenvalue weighted by atomic mass is 10.1. The van der Waals surface area contributed by atoms with Crippen molar-refractivity contribution in [2.75, 3.05) is 32.0 Å². The van der Waals surface area contributed by atoms with Gasteiger partial charge in [-0.15, -0.1) is 0 Å². The van der Waals surface area contributed by atoms with Crippen LogP contribution in [0.15, 0.2) is 22.8 Å². The molecule has 19 heavy (non-hydrogen) atoms. The van der Waals surface area contributed by atoms with E-state index in [1.807, 2.05) is 13.1 Å². The lowest BCUT2D eigenvalue weighted by Crippen LogP contribution is -2.44. The van der Waals surface area contributed by atoms with Gasteiger partial charge in [-0.1, -0.05) is 0 Å². The molecule has 2 N–H and O–H groups in total. The highest BCUT2D eigenvalue weighted by molar-refractivity contribution is 9.10. The summed E-state index contributed by atoms with van der Waals surface area (Å²) in [6, 6.07) is 4.24. The van der Waals surface area contributed by atoms with Crippen LogP contribution in [0.3, 0.4) is 0 Å². The zero-order chi connectivity index (χ0) is 13.7. The Bertz CT molecular complexity index is 415. The molecule has 1 aromatic rings. The summed E-state index contributed by atoms with van der Waals surface area (Å²) < 4.78 is 0.902. The standard InChI is InChI=1S/C13H19BrN4O/c1-15-11-4-6-18(7-5-11)9-13(19)17-12-3-2-10(14)8-16-12/h2-3,8,11,15H,4-7,9H2,1H3,(H,16,17,19). The first kappa shape index (κ1) is 14.4. The van der Waals surface area contributed by atoms with E-state index in [-0.39, 0.29) is 5.91 Å². The Kier molecular flexibility index (Phi) is 5.30. The van der Waals surface area contributed by atoms with Crippen LogP contribution in [0, 0.1) is 0 Å². The van der Waals surface area contributed by atoms with Crippen LogP contribution < -0.4 is 10.6 Å². The van der Waals surface area contributed by atoms with Crippen LogP contribution in [0.5, 0.6) is 0 Å². The van der Waals surface area contributed by atoms with Crippen LogP contribution in [0.1, 0.15) is 12.8 Å². The third-order valence-corrected chi connectivity index (χ3v) is 3.83. The molecule has 1 amide bonds. The van der Waals surface area contributed by atoms with E-state index in [4.69, 9.17) is 0 Å². The number of halogens is 1. The molecule has 1 aliphatic rings. The number of hydrogen-bond acceptors (Lipinski definition) is 4. The molecule has 0 spiro atoms. The third-order valence-electron chi connectivity index (χ3n) is 3.36. The van der Waals surface area contributed by atoms with Crippen molar-refractivity contribution < 1.29 is 4.79 Å². The Morgan fingerprint density at radius 2 is 2.21 bits per heavy atom. The lowest BCUT2D eigenvalue weighted by molar-refractivity contribution is -0.117. The predicted molar refractivity (Wildman–Crippen MR) is 79.1 cm³/mol. The zero-order valence-electron chi connectivity index (χ0n) is 11.0. The molecule has 0 saturated carbocycles. The normalized spacial score (nSPS) is 17.4. The number of piperidine rings is 1. The molecule has 0 radical (unpaired) electrons. The topological polar surface area (TPSA) is 57.3 Å². The predicted octanol–water partition coefficient (Wildman–Crippen LogP) is 1.47. The van der Waals surface area contributed by atoms with Crippen molar-refractivity contribution in [3.05, 3.63) is 22.8 Å². The van der Waals surface area contributed by atoms with Crippen molar-refractivity contribution in [3.8, 4) is 0 Å². The Hall–Kier alpha value is -0.980. The maximum Gasteiger partial charge on any atom is 0.239 e. The lowest BCUT2D eigenvalue weighted by Gasteiger charge is -2.31. The average Bonchev–Trinajstić information content (AvgIpc) is 2.42. The number of carbonyl (C=O) groups excluding carboxylic acids is 1. The molecule has 2 rings (SSSR count). The SMILES string of the molecule is CNC1CCN(CC(=O)Nc2ccc(Br)cn2)CC1. The summed E-state index contributed by atoms with van der Waals surface area (Å²) in [5, 5.41) is 6.09. The van der Waals surface area contributed by atoms with Gasteiger partial charge in [0.1, 0.15) is 5.82 Å². The summed E-state index contributed by atoms with van der Waals surface area (Å²) in [6.07, 6.45) is 3.87. The van der Waals surface area contributed by atoms with Crippen LogP contribution in [0.25, 0.3) is 0 Å². The molecule has 0 atom stereocenters. The molecule has 1 fully saturated rings. The highest BCUT2D eigenvalue weighted by atomic mass is 79.9. The number of hydrogen-bond donors (Lipinski definition) is 2. The molecular formula is C13H19BrN4O. The smallest absolute Gasteiger partial charge is 0.239 e. The summed E-state index contributed by atoms with van der Waals surface area (Å²) in [6.45, 7) is 2.37. The number of likely N-dealkylation sites (tertiary alicyclic amines) is 1. The molecule has 0 aromatic carbocycles. The molecule has 104 valence electrons. The Morgan fingerprint density at radius 3 is 2.79 bits per heavy atom. The first-order chi connectivity index (χ1) is 9.17.